The maximum atomic E-state index is 11.0. The topological polar surface area (TPSA) is 55.7 Å². The minimum atomic E-state index is -0.0978. The van der Waals surface area contributed by atoms with Crippen molar-refractivity contribution in [2.45, 2.75) is 0 Å². The fourth-order valence-electron chi connectivity index (χ4n) is 1.16. The SMILES string of the molecule is CONC(=O)CN1CC[N]CC1. The fourth-order valence-corrected chi connectivity index (χ4v) is 1.16. The molecule has 0 unspecified atom stereocenters. The molecular formula is C7H14N3O2. The van der Waals surface area contributed by atoms with E-state index in [1.54, 1.807) is 0 Å². The first-order valence-electron chi connectivity index (χ1n) is 4.00. The third-order valence-electron chi connectivity index (χ3n) is 1.73. The van der Waals surface area contributed by atoms with Crippen LogP contribution in [0.15, 0.2) is 0 Å². The van der Waals surface area contributed by atoms with Crippen LogP contribution in [0.2, 0.25) is 0 Å². The molecule has 12 heavy (non-hydrogen) atoms. The third-order valence-corrected chi connectivity index (χ3v) is 1.73. The molecular weight excluding hydrogens is 158 g/mol. The number of hydrogen-bond donors (Lipinski definition) is 1. The lowest BCUT2D eigenvalue weighted by Gasteiger charge is -2.25. The summed E-state index contributed by atoms with van der Waals surface area (Å²) in [6.07, 6.45) is 0. The number of piperazine rings is 1. The highest BCUT2D eigenvalue weighted by molar-refractivity contribution is 5.76. The Labute approximate surface area is 72.0 Å². The van der Waals surface area contributed by atoms with Gasteiger partial charge in [0, 0.05) is 26.2 Å². The molecule has 0 aliphatic carbocycles. The molecule has 0 atom stereocenters. The normalized spacial score (nSPS) is 19.1. The Morgan fingerprint density at radius 1 is 1.58 bits per heavy atom. The van der Waals surface area contributed by atoms with Crippen LogP contribution >= 0.6 is 0 Å². The number of rotatable bonds is 3. The van der Waals surface area contributed by atoms with Crippen molar-refractivity contribution in [2.75, 3.05) is 39.8 Å². The number of hydroxylamine groups is 1. The van der Waals surface area contributed by atoms with Crippen LogP contribution in [0.1, 0.15) is 0 Å². The number of hydrogen-bond acceptors (Lipinski definition) is 3. The number of nitrogens with zero attached hydrogens (tertiary/aromatic N) is 2. The van der Waals surface area contributed by atoms with Crippen LogP contribution in [-0.4, -0.2) is 50.6 Å². The van der Waals surface area contributed by atoms with Gasteiger partial charge in [-0.3, -0.25) is 14.5 Å². The zero-order chi connectivity index (χ0) is 8.81. The van der Waals surface area contributed by atoms with Gasteiger partial charge in [0.2, 0.25) is 0 Å². The van der Waals surface area contributed by atoms with E-state index in [0.717, 1.165) is 26.2 Å². The number of nitrogens with one attached hydrogen (secondary N) is 1. The summed E-state index contributed by atoms with van der Waals surface area (Å²) < 4.78 is 0. The average Bonchev–Trinajstić information content (AvgIpc) is 2.06. The summed E-state index contributed by atoms with van der Waals surface area (Å²) in [6, 6.07) is 0. The summed E-state index contributed by atoms with van der Waals surface area (Å²) in [6.45, 7) is 3.82. The Bertz CT molecular complexity index is 146. The van der Waals surface area contributed by atoms with E-state index in [1.807, 2.05) is 0 Å². The largest absolute Gasteiger partial charge is 0.292 e. The van der Waals surface area contributed by atoms with Gasteiger partial charge in [0.05, 0.1) is 13.7 Å². The molecule has 5 nitrogen and oxygen atoms in total. The zero-order valence-corrected chi connectivity index (χ0v) is 7.25. The first-order chi connectivity index (χ1) is 5.83. The Morgan fingerprint density at radius 3 is 2.83 bits per heavy atom. The molecule has 1 aliphatic rings. The van der Waals surface area contributed by atoms with Crippen molar-refractivity contribution in [3.8, 4) is 0 Å². The second-order valence-electron chi connectivity index (χ2n) is 2.68. The summed E-state index contributed by atoms with van der Waals surface area (Å²) in [5.74, 6) is -0.0978. The van der Waals surface area contributed by atoms with Crippen LogP contribution in [0.25, 0.3) is 0 Å². The van der Waals surface area contributed by atoms with Gasteiger partial charge in [-0.25, -0.2) is 10.8 Å². The molecule has 1 radical (unpaired) electrons. The van der Waals surface area contributed by atoms with E-state index in [-0.39, 0.29) is 5.91 Å². The van der Waals surface area contributed by atoms with Crippen LogP contribution in [-0.2, 0) is 9.63 Å². The summed E-state index contributed by atoms with van der Waals surface area (Å²) in [7, 11) is 1.43. The molecule has 1 aliphatic heterocycles. The van der Waals surface area contributed by atoms with Gasteiger partial charge in [0.1, 0.15) is 0 Å². The predicted molar refractivity (Wildman–Crippen MR) is 43.5 cm³/mol. The van der Waals surface area contributed by atoms with Crippen LogP contribution in [0.5, 0.6) is 0 Å². The van der Waals surface area contributed by atoms with Crippen molar-refractivity contribution in [1.82, 2.24) is 15.7 Å². The maximum Gasteiger partial charge on any atom is 0.257 e. The second-order valence-corrected chi connectivity index (χ2v) is 2.68. The van der Waals surface area contributed by atoms with Gasteiger partial charge in [-0.05, 0) is 0 Å². The Kier molecular flexibility index (Phi) is 3.99. The van der Waals surface area contributed by atoms with Crippen molar-refractivity contribution in [1.29, 1.82) is 0 Å². The standard InChI is InChI=1S/C7H14N3O2/c1-12-9-7(11)6-10-4-2-8-3-5-10/h2-6H2,1H3,(H,9,11). The molecule has 69 valence electrons. The van der Waals surface area contributed by atoms with E-state index < -0.39 is 0 Å². The molecule has 0 saturated carbocycles. The van der Waals surface area contributed by atoms with Crippen molar-refractivity contribution in [3.63, 3.8) is 0 Å². The average molecular weight is 172 g/mol. The minimum Gasteiger partial charge on any atom is -0.292 e. The number of amides is 1. The summed E-state index contributed by atoms with van der Waals surface area (Å²) >= 11 is 0. The van der Waals surface area contributed by atoms with Crippen LogP contribution in [0.4, 0.5) is 0 Å². The van der Waals surface area contributed by atoms with E-state index in [9.17, 15) is 4.79 Å². The lowest BCUT2D eigenvalue weighted by molar-refractivity contribution is -0.132. The van der Waals surface area contributed by atoms with E-state index >= 15 is 0 Å². The molecule has 0 aromatic rings. The highest BCUT2D eigenvalue weighted by Gasteiger charge is 2.13. The maximum absolute atomic E-state index is 11.0. The van der Waals surface area contributed by atoms with Gasteiger partial charge in [-0.2, -0.15) is 0 Å². The molecule has 1 amide bonds. The quantitative estimate of drug-likeness (QED) is 0.532. The molecule has 0 aromatic heterocycles. The van der Waals surface area contributed by atoms with E-state index in [4.69, 9.17) is 0 Å². The highest BCUT2D eigenvalue weighted by Crippen LogP contribution is 1.91. The van der Waals surface area contributed by atoms with Crippen molar-refractivity contribution in [2.24, 2.45) is 0 Å². The van der Waals surface area contributed by atoms with Crippen molar-refractivity contribution < 1.29 is 9.63 Å². The molecule has 1 rings (SSSR count). The lowest BCUT2D eigenvalue weighted by atomic mass is 10.3. The van der Waals surface area contributed by atoms with Gasteiger partial charge in [-0.1, -0.05) is 0 Å². The van der Waals surface area contributed by atoms with Gasteiger partial charge >= 0.3 is 0 Å². The minimum absolute atomic E-state index is 0.0978. The van der Waals surface area contributed by atoms with E-state index in [0.29, 0.717) is 6.54 Å². The monoisotopic (exact) mass is 172 g/mol. The molecule has 1 N–H and O–H groups in total. The summed E-state index contributed by atoms with van der Waals surface area (Å²) in [5.41, 5.74) is 2.28. The van der Waals surface area contributed by atoms with E-state index in [1.165, 1.54) is 7.11 Å². The van der Waals surface area contributed by atoms with Gasteiger partial charge < -0.3 is 0 Å². The lowest BCUT2D eigenvalue weighted by Crippen LogP contribution is -2.45. The summed E-state index contributed by atoms with van der Waals surface area (Å²) in [4.78, 5) is 17.6. The van der Waals surface area contributed by atoms with Crippen LogP contribution in [0.3, 0.4) is 0 Å². The Balaban J connectivity index is 2.15. The molecule has 1 fully saturated rings. The number of carbonyl (C=O) groups is 1. The van der Waals surface area contributed by atoms with Gasteiger partial charge in [0.15, 0.2) is 0 Å². The van der Waals surface area contributed by atoms with E-state index in [2.05, 4.69) is 20.5 Å². The zero-order valence-electron chi connectivity index (χ0n) is 7.25. The fraction of sp³-hybridized carbons (Fsp3) is 0.857. The van der Waals surface area contributed by atoms with Gasteiger partial charge in [0.25, 0.3) is 5.91 Å². The highest BCUT2D eigenvalue weighted by atomic mass is 16.6. The first-order valence-corrected chi connectivity index (χ1v) is 4.00. The number of carbonyl (C=O) groups excluding carboxylic acids is 1. The Hall–Kier alpha value is -0.650. The third kappa shape index (κ3) is 3.17. The molecule has 5 heteroatoms. The first kappa shape index (κ1) is 9.44. The summed E-state index contributed by atoms with van der Waals surface area (Å²) in [5, 5.41) is 4.18. The predicted octanol–water partition coefficient (Wildman–Crippen LogP) is -1.42. The molecule has 1 heterocycles. The second kappa shape index (κ2) is 5.08. The smallest absolute Gasteiger partial charge is 0.257 e. The van der Waals surface area contributed by atoms with Crippen molar-refractivity contribution in [3.05, 3.63) is 0 Å². The Morgan fingerprint density at radius 2 is 2.25 bits per heavy atom. The molecule has 0 bridgehead atoms. The van der Waals surface area contributed by atoms with Gasteiger partial charge in [-0.15, -0.1) is 0 Å². The molecule has 0 aromatic carbocycles. The molecule has 0 spiro atoms. The molecule has 1 saturated heterocycles. The van der Waals surface area contributed by atoms with Crippen molar-refractivity contribution >= 4 is 5.91 Å². The van der Waals surface area contributed by atoms with Crippen LogP contribution < -0.4 is 10.8 Å². The van der Waals surface area contributed by atoms with Crippen LogP contribution in [0, 0.1) is 0 Å².